The molecule has 3 heteroatoms. The summed E-state index contributed by atoms with van der Waals surface area (Å²) < 4.78 is 15.1. The van der Waals surface area contributed by atoms with E-state index in [2.05, 4.69) is 6.92 Å². The maximum atomic E-state index is 13.2. The van der Waals surface area contributed by atoms with Gasteiger partial charge in [-0.05, 0) is 24.1 Å². The lowest BCUT2D eigenvalue weighted by Gasteiger charge is -1.98. The molecule has 14 heavy (non-hydrogen) atoms. The van der Waals surface area contributed by atoms with Crippen molar-refractivity contribution >= 4 is 22.5 Å². The quantitative estimate of drug-likeness (QED) is 0.680. The molecule has 0 aliphatic carbocycles. The highest BCUT2D eigenvalue weighted by atomic mass is 35.5. The van der Waals surface area contributed by atoms with Crippen molar-refractivity contribution in [1.82, 2.24) is 4.57 Å². The maximum Gasteiger partial charge on any atom is 0.143 e. The number of nitrogens with zero attached hydrogens (tertiary/aromatic N) is 1. The number of hydrogen-bond acceptors (Lipinski definition) is 0. The van der Waals surface area contributed by atoms with Crippen molar-refractivity contribution in [1.29, 1.82) is 0 Å². The van der Waals surface area contributed by atoms with Gasteiger partial charge in [-0.2, -0.15) is 0 Å². The van der Waals surface area contributed by atoms with Crippen LogP contribution in [0.15, 0.2) is 18.3 Å². The van der Waals surface area contributed by atoms with Gasteiger partial charge in [0.15, 0.2) is 0 Å². The highest BCUT2D eigenvalue weighted by Crippen LogP contribution is 2.26. The molecule has 0 amide bonds. The maximum absolute atomic E-state index is 13.2. The molecule has 1 heterocycles. The van der Waals surface area contributed by atoms with Crippen molar-refractivity contribution in [3.05, 3.63) is 34.7 Å². The van der Waals surface area contributed by atoms with Crippen LogP contribution in [0, 0.1) is 5.82 Å². The zero-order chi connectivity index (χ0) is 10.3. The Morgan fingerprint density at radius 2 is 2.14 bits per heavy atom. The second-order valence-corrected chi connectivity index (χ2v) is 3.81. The first kappa shape index (κ1) is 9.53. The number of fused-ring (bicyclic) bond motifs is 1. The molecule has 0 saturated carbocycles. The Bertz CT molecular complexity index is 487. The van der Waals surface area contributed by atoms with E-state index in [1.54, 1.807) is 6.07 Å². The third-order valence-corrected chi connectivity index (χ3v) is 2.78. The molecule has 2 rings (SSSR count). The van der Waals surface area contributed by atoms with E-state index in [0.29, 0.717) is 0 Å². The van der Waals surface area contributed by atoms with Crippen molar-refractivity contribution in [2.45, 2.75) is 13.3 Å². The molecule has 0 radical (unpaired) electrons. The van der Waals surface area contributed by atoms with E-state index in [1.807, 2.05) is 17.8 Å². The minimum Gasteiger partial charge on any atom is -0.350 e. The predicted octanol–water partition coefficient (Wildman–Crippen LogP) is 3.53. The third kappa shape index (κ3) is 1.30. The lowest BCUT2D eigenvalue weighted by atomic mass is 10.1. The van der Waals surface area contributed by atoms with Crippen molar-refractivity contribution < 1.29 is 4.39 Å². The van der Waals surface area contributed by atoms with Gasteiger partial charge in [-0.1, -0.05) is 18.5 Å². The minimum absolute atomic E-state index is 0.193. The van der Waals surface area contributed by atoms with Gasteiger partial charge in [-0.15, -0.1) is 0 Å². The fraction of sp³-hybridized carbons (Fsp3) is 0.273. The lowest BCUT2D eigenvalue weighted by Crippen LogP contribution is -1.85. The van der Waals surface area contributed by atoms with E-state index in [4.69, 9.17) is 11.6 Å². The summed E-state index contributed by atoms with van der Waals surface area (Å²) >= 11 is 5.74. The molecule has 1 aromatic carbocycles. The molecule has 1 nitrogen and oxygen atoms in total. The Labute approximate surface area is 87.1 Å². The zero-order valence-corrected chi connectivity index (χ0v) is 8.90. The average Bonchev–Trinajstić information content (AvgIpc) is 2.45. The molecule has 0 bridgehead atoms. The summed E-state index contributed by atoms with van der Waals surface area (Å²) in [6, 6.07) is 3.18. The monoisotopic (exact) mass is 211 g/mol. The molecule has 0 fully saturated rings. The fourth-order valence-corrected chi connectivity index (χ4v) is 1.90. The van der Waals surface area contributed by atoms with Crippen LogP contribution in [-0.4, -0.2) is 4.57 Å². The summed E-state index contributed by atoms with van der Waals surface area (Å²) in [6.07, 6.45) is 2.94. The van der Waals surface area contributed by atoms with E-state index < -0.39 is 0 Å². The van der Waals surface area contributed by atoms with E-state index in [1.165, 1.54) is 11.6 Å². The number of aromatic nitrogens is 1. The first-order valence-electron chi connectivity index (χ1n) is 4.56. The second-order valence-electron chi connectivity index (χ2n) is 3.40. The Hall–Kier alpha value is -1.02. The SMILES string of the molecule is CCc1cn(C)c2cc(F)c(Cl)cc12. The number of hydrogen-bond donors (Lipinski definition) is 0. The Morgan fingerprint density at radius 1 is 1.43 bits per heavy atom. The normalized spacial score (nSPS) is 11.1. The van der Waals surface area contributed by atoms with E-state index >= 15 is 0 Å². The lowest BCUT2D eigenvalue weighted by molar-refractivity contribution is 0.629. The zero-order valence-electron chi connectivity index (χ0n) is 8.14. The number of benzene rings is 1. The summed E-state index contributed by atoms with van der Waals surface area (Å²) in [5.74, 6) is -0.358. The molecule has 0 unspecified atom stereocenters. The molecule has 1 aromatic heterocycles. The number of aryl methyl sites for hydroxylation is 2. The predicted molar refractivity (Wildman–Crippen MR) is 57.3 cm³/mol. The minimum atomic E-state index is -0.358. The molecule has 0 saturated heterocycles. The fourth-order valence-electron chi connectivity index (χ4n) is 1.74. The Morgan fingerprint density at radius 3 is 2.79 bits per heavy atom. The van der Waals surface area contributed by atoms with Crippen molar-refractivity contribution in [3.63, 3.8) is 0 Å². The van der Waals surface area contributed by atoms with Gasteiger partial charge in [-0.3, -0.25) is 0 Å². The van der Waals surface area contributed by atoms with Gasteiger partial charge in [0.2, 0.25) is 0 Å². The summed E-state index contributed by atoms with van der Waals surface area (Å²) in [4.78, 5) is 0. The van der Waals surface area contributed by atoms with Crippen molar-refractivity contribution in [2.24, 2.45) is 7.05 Å². The molecule has 2 aromatic rings. The number of rotatable bonds is 1. The van der Waals surface area contributed by atoms with Crippen molar-refractivity contribution in [3.8, 4) is 0 Å². The van der Waals surface area contributed by atoms with Crippen LogP contribution in [0.4, 0.5) is 4.39 Å². The first-order chi connectivity index (χ1) is 6.63. The molecule has 0 N–H and O–H groups in total. The van der Waals surface area contributed by atoms with Gasteiger partial charge in [0, 0.05) is 18.6 Å². The summed E-state index contributed by atoms with van der Waals surface area (Å²) in [6.45, 7) is 2.08. The van der Waals surface area contributed by atoms with Gasteiger partial charge in [0.05, 0.1) is 10.5 Å². The summed E-state index contributed by atoms with van der Waals surface area (Å²) in [5, 5.41) is 1.24. The van der Waals surface area contributed by atoms with Gasteiger partial charge < -0.3 is 4.57 Å². The molecule has 0 aliphatic heterocycles. The van der Waals surface area contributed by atoms with Gasteiger partial charge >= 0.3 is 0 Å². The number of halogens is 2. The van der Waals surface area contributed by atoms with Crippen LogP contribution in [0.5, 0.6) is 0 Å². The van der Waals surface area contributed by atoms with Crippen LogP contribution in [0.25, 0.3) is 10.9 Å². The van der Waals surface area contributed by atoms with Crippen LogP contribution in [0.2, 0.25) is 5.02 Å². The largest absolute Gasteiger partial charge is 0.350 e. The standard InChI is InChI=1S/C11H11ClFN/c1-3-7-6-14(2)11-5-10(13)9(12)4-8(7)11/h4-6H,3H2,1-2H3. The molecule has 0 atom stereocenters. The van der Waals surface area contributed by atoms with Crippen LogP contribution in [0.1, 0.15) is 12.5 Å². The van der Waals surface area contributed by atoms with E-state index in [-0.39, 0.29) is 10.8 Å². The molecular formula is C11H11ClFN. The van der Waals surface area contributed by atoms with E-state index in [9.17, 15) is 4.39 Å². The van der Waals surface area contributed by atoms with Crippen LogP contribution in [-0.2, 0) is 13.5 Å². The van der Waals surface area contributed by atoms with Gasteiger partial charge in [0.1, 0.15) is 5.82 Å². The molecule has 0 spiro atoms. The van der Waals surface area contributed by atoms with Crippen LogP contribution in [0.3, 0.4) is 0 Å². The smallest absolute Gasteiger partial charge is 0.143 e. The Kier molecular flexibility index (Phi) is 2.23. The highest BCUT2D eigenvalue weighted by Gasteiger charge is 2.08. The summed E-state index contributed by atoms with van der Waals surface area (Å²) in [7, 11) is 1.91. The molecule has 0 aliphatic rings. The third-order valence-electron chi connectivity index (χ3n) is 2.49. The van der Waals surface area contributed by atoms with E-state index in [0.717, 1.165) is 17.3 Å². The second kappa shape index (κ2) is 3.28. The van der Waals surface area contributed by atoms with Crippen LogP contribution < -0.4 is 0 Å². The topological polar surface area (TPSA) is 4.93 Å². The molecular weight excluding hydrogens is 201 g/mol. The van der Waals surface area contributed by atoms with Crippen LogP contribution >= 0.6 is 11.6 Å². The highest BCUT2D eigenvalue weighted by molar-refractivity contribution is 6.31. The van der Waals surface area contributed by atoms with Gasteiger partial charge in [0.25, 0.3) is 0 Å². The Balaban J connectivity index is 2.84. The molecule has 74 valence electrons. The average molecular weight is 212 g/mol. The van der Waals surface area contributed by atoms with Gasteiger partial charge in [-0.25, -0.2) is 4.39 Å². The first-order valence-corrected chi connectivity index (χ1v) is 4.94. The van der Waals surface area contributed by atoms with Crippen molar-refractivity contribution in [2.75, 3.05) is 0 Å². The summed E-state index contributed by atoms with van der Waals surface area (Å²) in [5.41, 5.74) is 2.09.